The molecule has 8 nitrogen and oxygen atoms in total. The van der Waals surface area contributed by atoms with Crippen LogP contribution in [0.3, 0.4) is 0 Å². The largest absolute Gasteiger partial charge is 0.320 e. The number of Topliss-reactive ketones (excluding diaryl/α,β-unsaturated/α-hetero) is 1. The number of ketones is 1. The average Bonchev–Trinajstić information content (AvgIpc) is 3.10. The quantitative estimate of drug-likeness (QED) is 0.129. The smallest absolute Gasteiger partial charge is 0.269 e. The van der Waals surface area contributed by atoms with Crippen LogP contribution in [0.2, 0.25) is 0 Å². The zero-order valence-corrected chi connectivity index (χ0v) is 17.6. The summed E-state index contributed by atoms with van der Waals surface area (Å²) in [6, 6.07) is 13.5. The number of aromatic nitrogens is 4. The molecule has 0 aliphatic heterocycles. The van der Waals surface area contributed by atoms with Crippen molar-refractivity contribution in [2.45, 2.75) is 30.3 Å². The third-order valence-corrected chi connectivity index (χ3v) is 6.16. The normalized spacial score (nSPS) is 12.2. The van der Waals surface area contributed by atoms with E-state index in [9.17, 15) is 14.9 Å². The summed E-state index contributed by atoms with van der Waals surface area (Å²) in [6.07, 6.45) is 2.35. The molecule has 0 saturated carbocycles. The molecule has 4 aromatic rings. The van der Waals surface area contributed by atoms with E-state index < -0.39 is 10.2 Å². The molecule has 4 rings (SSSR count). The maximum atomic E-state index is 13.0. The number of hydrogen-bond acceptors (Lipinski definition) is 7. The number of nitrogens with zero attached hydrogens (tertiary/aromatic N) is 5. The molecule has 0 spiro atoms. The molecule has 2 heterocycles. The number of nitro benzene ring substituents is 1. The zero-order chi connectivity index (χ0) is 22.0. The van der Waals surface area contributed by atoms with Gasteiger partial charge in [0.05, 0.1) is 15.7 Å². The highest BCUT2D eigenvalue weighted by Crippen LogP contribution is 2.30. The summed E-state index contributed by atoms with van der Waals surface area (Å²) in [5.41, 5.74) is 2.76. The van der Waals surface area contributed by atoms with Gasteiger partial charge < -0.3 is 4.57 Å². The molecule has 0 saturated heterocycles. The number of para-hydroxylation sites is 1. The minimum Gasteiger partial charge on any atom is -0.320 e. The van der Waals surface area contributed by atoms with E-state index in [1.807, 2.05) is 35.8 Å². The van der Waals surface area contributed by atoms with Crippen LogP contribution < -0.4 is 0 Å². The van der Waals surface area contributed by atoms with Gasteiger partial charge in [0.1, 0.15) is 5.52 Å². The Bertz CT molecular complexity index is 1300. The van der Waals surface area contributed by atoms with Crippen LogP contribution in [0, 0.1) is 10.1 Å². The van der Waals surface area contributed by atoms with Crippen LogP contribution in [0.4, 0.5) is 5.69 Å². The maximum Gasteiger partial charge on any atom is 0.269 e. The molecule has 156 valence electrons. The number of non-ortho nitro benzene ring substituents is 1. The number of hydrogen-bond donors (Lipinski definition) is 0. The molecule has 1 atom stereocenters. The summed E-state index contributed by atoms with van der Waals surface area (Å²) in [5.74, 6) is -0.127. The Labute approximate surface area is 182 Å². The summed E-state index contributed by atoms with van der Waals surface area (Å²) in [4.78, 5) is 28.0. The highest BCUT2D eigenvalue weighted by molar-refractivity contribution is 8.00. The van der Waals surface area contributed by atoms with Crippen LogP contribution in [0.15, 0.2) is 66.3 Å². The molecule has 0 radical (unpaired) electrons. The first-order valence-electron chi connectivity index (χ1n) is 9.71. The zero-order valence-electron chi connectivity index (χ0n) is 16.8. The van der Waals surface area contributed by atoms with Gasteiger partial charge in [-0.15, -0.1) is 16.8 Å². The third kappa shape index (κ3) is 3.91. The molecule has 0 N–H and O–H groups in total. The topological polar surface area (TPSA) is 104 Å². The predicted octanol–water partition coefficient (Wildman–Crippen LogP) is 4.83. The number of carbonyl (C=O) groups is 1. The fourth-order valence-corrected chi connectivity index (χ4v) is 4.33. The van der Waals surface area contributed by atoms with Crippen LogP contribution >= 0.6 is 11.8 Å². The lowest BCUT2D eigenvalue weighted by molar-refractivity contribution is -0.384. The van der Waals surface area contributed by atoms with E-state index in [4.69, 9.17) is 4.98 Å². The standard InChI is InChI=1S/C22H19N5O3S/c1-3-13-26-17-8-6-5-7-16(17)19-21(26)23-22(25-24-19)31-18(4-2)20(28)14-9-11-15(12-10-14)27(29)30/h3,5-12,18H,1,4,13H2,2H3. The Morgan fingerprint density at radius 1 is 1.23 bits per heavy atom. The van der Waals surface area contributed by atoms with Gasteiger partial charge in [0, 0.05) is 29.6 Å². The SMILES string of the molecule is C=CCn1c2ccccc2c2nnc(SC(CC)C(=O)c3ccc([N+](=O)[O-])cc3)nc21. The Balaban J connectivity index is 1.66. The summed E-state index contributed by atoms with van der Waals surface area (Å²) >= 11 is 1.25. The molecule has 0 fully saturated rings. The maximum absolute atomic E-state index is 13.0. The van der Waals surface area contributed by atoms with Gasteiger partial charge in [0.25, 0.3) is 5.69 Å². The number of nitro groups is 1. The molecule has 0 amide bonds. The fraction of sp³-hybridized carbons (Fsp3) is 0.182. The second kappa shape index (κ2) is 8.65. The van der Waals surface area contributed by atoms with E-state index in [1.54, 1.807) is 6.08 Å². The van der Waals surface area contributed by atoms with Crippen molar-refractivity contribution in [1.82, 2.24) is 19.7 Å². The highest BCUT2D eigenvalue weighted by atomic mass is 32.2. The van der Waals surface area contributed by atoms with E-state index in [2.05, 4.69) is 16.8 Å². The van der Waals surface area contributed by atoms with Gasteiger partial charge >= 0.3 is 0 Å². The number of thioether (sulfide) groups is 1. The molecular formula is C22H19N5O3S. The van der Waals surface area contributed by atoms with Crippen LogP contribution in [-0.4, -0.2) is 35.7 Å². The lowest BCUT2D eigenvalue weighted by atomic mass is 10.1. The first-order chi connectivity index (χ1) is 15.0. The van der Waals surface area contributed by atoms with Crippen molar-refractivity contribution < 1.29 is 9.72 Å². The van der Waals surface area contributed by atoms with E-state index in [0.29, 0.717) is 34.8 Å². The summed E-state index contributed by atoms with van der Waals surface area (Å²) < 4.78 is 2.02. The Kier molecular flexibility index (Phi) is 5.77. The first kappa shape index (κ1) is 20.7. The van der Waals surface area contributed by atoms with Crippen molar-refractivity contribution in [3.05, 3.63) is 76.9 Å². The van der Waals surface area contributed by atoms with Crippen LogP contribution in [0.25, 0.3) is 22.1 Å². The number of benzene rings is 2. The van der Waals surface area contributed by atoms with E-state index >= 15 is 0 Å². The second-order valence-corrected chi connectivity index (χ2v) is 8.04. The molecule has 0 aliphatic carbocycles. The summed E-state index contributed by atoms with van der Waals surface area (Å²) in [6.45, 7) is 6.31. The Morgan fingerprint density at radius 3 is 2.65 bits per heavy atom. The van der Waals surface area contributed by atoms with Gasteiger partial charge in [-0.05, 0) is 24.6 Å². The molecule has 2 aromatic carbocycles. The van der Waals surface area contributed by atoms with Gasteiger partial charge in [0.2, 0.25) is 5.16 Å². The third-order valence-electron chi connectivity index (χ3n) is 4.94. The number of rotatable bonds is 8. The van der Waals surface area contributed by atoms with E-state index in [-0.39, 0.29) is 11.5 Å². The minimum atomic E-state index is -0.489. The molecule has 31 heavy (non-hydrogen) atoms. The molecule has 2 aromatic heterocycles. The number of fused-ring (bicyclic) bond motifs is 3. The Morgan fingerprint density at radius 2 is 1.97 bits per heavy atom. The molecule has 0 bridgehead atoms. The molecule has 1 unspecified atom stereocenters. The van der Waals surface area contributed by atoms with Crippen LogP contribution in [0.1, 0.15) is 23.7 Å². The van der Waals surface area contributed by atoms with E-state index in [0.717, 1.165) is 10.9 Å². The highest BCUT2D eigenvalue weighted by Gasteiger charge is 2.23. The predicted molar refractivity (Wildman–Crippen MR) is 120 cm³/mol. The van der Waals surface area contributed by atoms with Crippen molar-refractivity contribution in [3.8, 4) is 0 Å². The van der Waals surface area contributed by atoms with E-state index in [1.165, 1.54) is 36.0 Å². The summed E-state index contributed by atoms with van der Waals surface area (Å²) in [7, 11) is 0. The molecule has 9 heteroatoms. The molecule has 0 aliphatic rings. The fourth-order valence-electron chi connectivity index (χ4n) is 3.44. The van der Waals surface area contributed by atoms with Crippen molar-refractivity contribution in [3.63, 3.8) is 0 Å². The van der Waals surface area contributed by atoms with Gasteiger partial charge in [-0.2, -0.15) is 0 Å². The van der Waals surface area contributed by atoms with Gasteiger partial charge in [-0.3, -0.25) is 14.9 Å². The average molecular weight is 433 g/mol. The van der Waals surface area contributed by atoms with Crippen LogP contribution in [-0.2, 0) is 6.54 Å². The summed E-state index contributed by atoms with van der Waals surface area (Å²) in [5, 5.41) is 20.4. The van der Waals surface area contributed by atoms with Crippen LogP contribution in [0.5, 0.6) is 0 Å². The van der Waals surface area contributed by atoms with Crippen molar-refractivity contribution in [1.29, 1.82) is 0 Å². The van der Waals surface area contributed by atoms with Gasteiger partial charge in [-0.1, -0.05) is 43.0 Å². The molecular weight excluding hydrogens is 414 g/mol. The lowest BCUT2D eigenvalue weighted by Gasteiger charge is -2.12. The van der Waals surface area contributed by atoms with Crippen molar-refractivity contribution in [2.24, 2.45) is 0 Å². The Hall–Kier alpha value is -3.59. The van der Waals surface area contributed by atoms with Gasteiger partial charge in [0.15, 0.2) is 11.4 Å². The first-order valence-corrected chi connectivity index (χ1v) is 10.6. The lowest BCUT2D eigenvalue weighted by Crippen LogP contribution is -2.17. The minimum absolute atomic E-state index is 0.0507. The number of allylic oxidation sites excluding steroid dienone is 1. The van der Waals surface area contributed by atoms with Crippen molar-refractivity contribution >= 4 is 45.3 Å². The second-order valence-electron chi connectivity index (χ2n) is 6.87. The van der Waals surface area contributed by atoms with Crippen molar-refractivity contribution in [2.75, 3.05) is 0 Å². The number of carbonyl (C=O) groups excluding carboxylic acids is 1. The van der Waals surface area contributed by atoms with Gasteiger partial charge in [-0.25, -0.2) is 4.98 Å². The monoisotopic (exact) mass is 433 g/mol.